The lowest BCUT2D eigenvalue weighted by molar-refractivity contribution is 0.103. The summed E-state index contributed by atoms with van der Waals surface area (Å²) in [4.78, 5) is 58.4. The Morgan fingerprint density at radius 2 is 0.893 bits per heavy atom. The number of aryl methyl sites for hydroxylation is 1. The van der Waals surface area contributed by atoms with Gasteiger partial charge in [0.15, 0.2) is 17.9 Å². The maximum atomic E-state index is 12.4. The highest BCUT2D eigenvalue weighted by Crippen LogP contribution is 2.19. The highest BCUT2D eigenvalue weighted by molar-refractivity contribution is 6.09. The van der Waals surface area contributed by atoms with E-state index >= 15 is 0 Å². The summed E-state index contributed by atoms with van der Waals surface area (Å²) in [5.41, 5.74) is 8.70. The number of carbonyl (C=O) groups excluding carboxylic acids is 4. The maximum absolute atomic E-state index is 12.4. The van der Waals surface area contributed by atoms with Gasteiger partial charge in [-0.05, 0) is 118 Å². The summed E-state index contributed by atoms with van der Waals surface area (Å²) < 4.78 is 0. The van der Waals surface area contributed by atoms with Crippen molar-refractivity contribution in [1.82, 2.24) is 9.97 Å². The standard InChI is InChI=1S/C18H21NO.C17H20N2O.2C6H5NO/c1-4-19(5-2)17-12-10-16(11-13-17)18(20)15-8-6-14(3)7-9-15;1-18(2)15-9-5-13(6-10-15)17(20)14-7-11-16(12-8-14)19(3)4;8-5-6-1-3-7-4-2-6;8-5-6-2-1-3-7-4-6/h6-13H,4-5H2,1-3H3;5-12H,1-4H3;2*1-5H. The van der Waals surface area contributed by atoms with Crippen LogP contribution in [-0.4, -0.2) is 75.4 Å². The molecule has 288 valence electrons. The van der Waals surface area contributed by atoms with Crippen LogP contribution in [0, 0.1) is 6.92 Å². The Balaban J connectivity index is 0.000000217. The van der Waals surface area contributed by atoms with E-state index in [0.717, 1.165) is 53.9 Å². The summed E-state index contributed by atoms with van der Waals surface area (Å²) in [5.74, 6) is 0.136. The maximum Gasteiger partial charge on any atom is 0.193 e. The molecule has 6 aromatic rings. The van der Waals surface area contributed by atoms with Gasteiger partial charge < -0.3 is 14.7 Å². The fourth-order valence-electron chi connectivity index (χ4n) is 5.16. The molecule has 0 atom stereocenters. The molecule has 0 amide bonds. The summed E-state index contributed by atoms with van der Waals surface area (Å²) in [6.07, 6.45) is 7.89. The molecule has 2 aromatic heterocycles. The first kappa shape index (κ1) is 43.7. The first-order chi connectivity index (χ1) is 27.0. The fraction of sp³-hybridized carbons (Fsp3) is 0.191. The second-order valence-corrected chi connectivity index (χ2v) is 12.9. The smallest absolute Gasteiger partial charge is 0.193 e. The van der Waals surface area contributed by atoms with Crippen LogP contribution in [0.5, 0.6) is 0 Å². The third-order valence-corrected chi connectivity index (χ3v) is 8.53. The number of anilines is 3. The van der Waals surface area contributed by atoms with Crippen LogP contribution in [0.3, 0.4) is 0 Å². The van der Waals surface area contributed by atoms with E-state index in [-0.39, 0.29) is 11.6 Å². The molecule has 0 radical (unpaired) electrons. The van der Waals surface area contributed by atoms with Gasteiger partial charge in [0.1, 0.15) is 6.29 Å². The molecule has 0 aliphatic rings. The number of carbonyl (C=O) groups is 4. The molecule has 6 rings (SSSR count). The zero-order valence-electron chi connectivity index (χ0n) is 33.3. The molecule has 9 heteroatoms. The third kappa shape index (κ3) is 13.9. The number of hydrogen-bond donors (Lipinski definition) is 0. The summed E-state index contributed by atoms with van der Waals surface area (Å²) in [6, 6.07) is 37.7. The third-order valence-electron chi connectivity index (χ3n) is 8.53. The first-order valence-electron chi connectivity index (χ1n) is 18.3. The number of pyridine rings is 2. The van der Waals surface area contributed by atoms with Crippen molar-refractivity contribution in [3.05, 3.63) is 185 Å². The summed E-state index contributed by atoms with van der Waals surface area (Å²) in [6.45, 7) is 8.24. The summed E-state index contributed by atoms with van der Waals surface area (Å²) in [7, 11) is 7.93. The number of benzene rings is 4. The van der Waals surface area contributed by atoms with Gasteiger partial charge in [0, 0.05) is 117 Å². The van der Waals surface area contributed by atoms with E-state index in [1.807, 2.05) is 142 Å². The summed E-state index contributed by atoms with van der Waals surface area (Å²) in [5, 5.41) is 0. The normalized spacial score (nSPS) is 9.77. The van der Waals surface area contributed by atoms with Crippen molar-refractivity contribution < 1.29 is 19.2 Å². The second kappa shape index (κ2) is 23.1. The van der Waals surface area contributed by atoms with Gasteiger partial charge in [0.2, 0.25) is 0 Å². The molecule has 9 nitrogen and oxygen atoms in total. The Kier molecular flexibility index (Phi) is 18.0. The van der Waals surface area contributed by atoms with Gasteiger partial charge in [-0.3, -0.25) is 29.1 Å². The Morgan fingerprint density at radius 1 is 0.500 bits per heavy atom. The Labute approximate surface area is 331 Å². The van der Waals surface area contributed by atoms with Crippen LogP contribution in [0.25, 0.3) is 0 Å². The van der Waals surface area contributed by atoms with E-state index < -0.39 is 0 Å². The average Bonchev–Trinajstić information content (AvgIpc) is 3.25. The van der Waals surface area contributed by atoms with Crippen LogP contribution in [0.1, 0.15) is 72.0 Å². The van der Waals surface area contributed by atoms with Crippen LogP contribution in [-0.2, 0) is 0 Å². The molecule has 0 bridgehead atoms. The quantitative estimate of drug-likeness (QED) is 0.0949. The van der Waals surface area contributed by atoms with Crippen LogP contribution < -0.4 is 14.7 Å². The van der Waals surface area contributed by atoms with Crippen molar-refractivity contribution in [3.8, 4) is 0 Å². The van der Waals surface area contributed by atoms with Crippen LogP contribution >= 0.6 is 0 Å². The topological polar surface area (TPSA) is 104 Å². The number of hydrogen-bond acceptors (Lipinski definition) is 9. The molecule has 0 aliphatic carbocycles. The predicted octanol–water partition coefficient (Wildman–Crippen LogP) is 8.91. The van der Waals surface area contributed by atoms with Gasteiger partial charge in [-0.15, -0.1) is 0 Å². The van der Waals surface area contributed by atoms with Crippen LogP contribution in [0.2, 0.25) is 0 Å². The van der Waals surface area contributed by atoms with E-state index in [2.05, 4.69) is 28.7 Å². The SMILES string of the molecule is CCN(CC)c1ccc(C(=O)c2ccc(C)cc2)cc1.CN(C)c1ccc(C(=O)c2ccc(N(C)C)cc2)cc1.O=Cc1cccnc1.O=Cc1ccncc1. The van der Waals surface area contributed by atoms with Crippen molar-refractivity contribution in [1.29, 1.82) is 0 Å². The Bertz CT molecular complexity index is 1970. The second-order valence-electron chi connectivity index (χ2n) is 12.9. The highest BCUT2D eigenvalue weighted by Gasteiger charge is 2.11. The van der Waals surface area contributed by atoms with E-state index in [4.69, 9.17) is 0 Å². The van der Waals surface area contributed by atoms with Crippen molar-refractivity contribution >= 4 is 41.2 Å². The number of aldehydes is 2. The zero-order chi connectivity index (χ0) is 40.9. The number of nitrogens with zero attached hydrogens (tertiary/aromatic N) is 5. The van der Waals surface area contributed by atoms with Crippen LogP contribution in [0.4, 0.5) is 17.1 Å². The predicted molar refractivity (Wildman–Crippen MR) is 229 cm³/mol. The fourth-order valence-corrected chi connectivity index (χ4v) is 5.16. The monoisotopic (exact) mass is 749 g/mol. The molecule has 0 saturated heterocycles. The zero-order valence-corrected chi connectivity index (χ0v) is 33.3. The van der Waals surface area contributed by atoms with Gasteiger partial charge in [0.25, 0.3) is 0 Å². The van der Waals surface area contributed by atoms with E-state index in [1.54, 1.807) is 42.9 Å². The van der Waals surface area contributed by atoms with E-state index in [9.17, 15) is 19.2 Å². The van der Waals surface area contributed by atoms with Gasteiger partial charge >= 0.3 is 0 Å². The van der Waals surface area contributed by atoms with Crippen molar-refractivity contribution in [2.45, 2.75) is 20.8 Å². The molecule has 0 unspecified atom stereocenters. The molecule has 0 spiro atoms. The molecule has 4 aromatic carbocycles. The van der Waals surface area contributed by atoms with Crippen molar-refractivity contribution in [3.63, 3.8) is 0 Å². The molecule has 56 heavy (non-hydrogen) atoms. The minimum Gasteiger partial charge on any atom is -0.378 e. The van der Waals surface area contributed by atoms with E-state index in [1.165, 1.54) is 11.8 Å². The Hall–Kier alpha value is -6.74. The first-order valence-corrected chi connectivity index (χ1v) is 18.3. The number of rotatable bonds is 11. The molecule has 0 aliphatic heterocycles. The van der Waals surface area contributed by atoms with E-state index in [0.29, 0.717) is 22.3 Å². The van der Waals surface area contributed by atoms with Gasteiger partial charge in [-0.1, -0.05) is 29.8 Å². The molecular weight excluding hydrogens is 699 g/mol. The lowest BCUT2D eigenvalue weighted by Gasteiger charge is -2.21. The Morgan fingerprint density at radius 3 is 1.20 bits per heavy atom. The average molecular weight is 750 g/mol. The summed E-state index contributed by atoms with van der Waals surface area (Å²) >= 11 is 0. The van der Waals surface area contributed by atoms with Crippen LogP contribution in [0.15, 0.2) is 146 Å². The number of ketones is 2. The molecule has 0 N–H and O–H groups in total. The lowest BCUT2D eigenvalue weighted by Crippen LogP contribution is -2.21. The molecule has 0 saturated carbocycles. The van der Waals surface area contributed by atoms with Crippen molar-refractivity contribution in [2.24, 2.45) is 0 Å². The molecular formula is C47H51N5O4. The minimum atomic E-state index is 0.0561. The highest BCUT2D eigenvalue weighted by atomic mass is 16.1. The largest absolute Gasteiger partial charge is 0.378 e. The van der Waals surface area contributed by atoms with Gasteiger partial charge in [-0.25, -0.2) is 0 Å². The van der Waals surface area contributed by atoms with Gasteiger partial charge in [0.05, 0.1) is 0 Å². The minimum absolute atomic E-state index is 0.0561. The van der Waals surface area contributed by atoms with Crippen molar-refractivity contribution in [2.75, 3.05) is 56.0 Å². The lowest BCUT2D eigenvalue weighted by atomic mass is 10.0. The molecule has 0 fully saturated rings. The molecule has 2 heterocycles. The number of aromatic nitrogens is 2. The van der Waals surface area contributed by atoms with Gasteiger partial charge in [-0.2, -0.15) is 0 Å².